The van der Waals surface area contributed by atoms with Crippen molar-refractivity contribution < 1.29 is 0 Å². The summed E-state index contributed by atoms with van der Waals surface area (Å²) in [5, 5.41) is 4.14. The highest BCUT2D eigenvalue weighted by molar-refractivity contribution is 6.30. The molecule has 20 heavy (non-hydrogen) atoms. The monoisotopic (exact) mass is 296 g/mol. The molecule has 1 aliphatic rings. The summed E-state index contributed by atoms with van der Waals surface area (Å²) in [4.78, 5) is 6.92. The van der Waals surface area contributed by atoms with Gasteiger partial charge in [0.05, 0.1) is 11.6 Å². The van der Waals surface area contributed by atoms with E-state index in [1.807, 2.05) is 19.3 Å². The maximum absolute atomic E-state index is 6.03. The standard InChI is InChI=1S/C15H25ClN4/c1-5-17-14(18-11-15(2)6-7-15)20(4)10-13-8-12(16)9-19(13)3/h8-9H,5-7,10-11H2,1-4H3,(H,17,18). The minimum atomic E-state index is 0.440. The lowest BCUT2D eigenvalue weighted by molar-refractivity contribution is 0.457. The lowest BCUT2D eigenvalue weighted by Gasteiger charge is -2.23. The number of halogens is 1. The van der Waals surface area contributed by atoms with Crippen LogP contribution >= 0.6 is 11.6 Å². The molecule has 2 rings (SSSR count). The van der Waals surface area contributed by atoms with Crippen LogP contribution in [0, 0.1) is 5.41 Å². The normalized spacial score (nSPS) is 17.1. The maximum Gasteiger partial charge on any atom is 0.194 e. The van der Waals surface area contributed by atoms with Crippen molar-refractivity contribution in [3.05, 3.63) is 23.0 Å². The summed E-state index contributed by atoms with van der Waals surface area (Å²) in [6.07, 6.45) is 4.53. The van der Waals surface area contributed by atoms with Crippen LogP contribution in [0.15, 0.2) is 17.3 Å². The number of aliphatic imine (C=N–C) groups is 1. The Balaban J connectivity index is 2.02. The van der Waals surface area contributed by atoms with Crippen LogP contribution in [0.3, 0.4) is 0 Å². The molecule has 0 aromatic carbocycles. The van der Waals surface area contributed by atoms with E-state index in [2.05, 4.69) is 35.7 Å². The number of hydrogen-bond acceptors (Lipinski definition) is 1. The molecule has 0 bridgehead atoms. The van der Waals surface area contributed by atoms with E-state index in [4.69, 9.17) is 16.6 Å². The van der Waals surface area contributed by atoms with Gasteiger partial charge in [-0.1, -0.05) is 18.5 Å². The van der Waals surface area contributed by atoms with E-state index >= 15 is 0 Å². The Bertz CT molecular complexity index is 488. The number of nitrogens with one attached hydrogen (secondary N) is 1. The first-order chi connectivity index (χ1) is 9.43. The van der Waals surface area contributed by atoms with Gasteiger partial charge in [-0.3, -0.25) is 4.99 Å². The van der Waals surface area contributed by atoms with Crippen LogP contribution in [0.25, 0.3) is 0 Å². The number of aryl methyl sites for hydroxylation is 1. The summed E-state index contributed by atoms with van der Waals surface area (Å²) >= 11 is 6.03. The average Bonchev–Trinajstić information content (AvgIpc) is 3.03. The Morgan fingerprint density at radius 3 is 2.75 bits per heavy atom. The van der Waals surface area contributed by atoms with Crippen molar-refractivity contribution in [2.24, 2.45) is 17.5 Å². The first kappa shape index (κ1) is 15.2. The largest absolute Gasteiger partial charge is 0.357 e. The predicted molar refractivity (Wildman–Crippen MR) is 85.2 cm³/mol. The fourth-order valence-electron chi connectivity index (χ4n) is 2.15. The minimum absolute atomic E-state index is 0.440. The average molecular weight is 297 g/mol. The lowest BCUT2D eigenvalue weighted by Crippen LogP contribution is -2.39. The molecule has 0 amide bonds. The van der Waals surface area contributed by atoms with Gasteiger partial charge in [-0.05, 0) is 31.2 Å². The summed E-state index contributed by atoms with van der Waals surface area (Å²) in [5.41, 5.74) is 1.62. The molecule has 4 nitrogen and oxygen atoms in total. The van der Waals surface area contributed by atoms with E-state index in [0.29, 0.717) is 5.41 Å². The molecule has 1 aliphatic carbocycles. The molecule has 1 aromatic rings. The van der Waals surface area contributed by atoms with Crippen LogP contribution < -0.4 is 5.32 Å². The van der Waals surface area contributed by atoms with Crippen LogP contribution in [-0.2, 0) is 13.6 Å². The third-order valence-electron chi connectivity index (χ3n) is 3.88. The third kappa shape index (κ3) is 3.92. The van der Waals surface area contributed by atoms with Gasteiger partial charge in [-0.25, -0.2) is 0 Å². The summed E-state index contributed by atoms with van der Waals surface area (Å²) in [5.74, 6) is 0.970. The van der Waals surface area contributed by atoms with E-state index < -0.39 is 0 Å². The molecule has 0 radical (unpaired) electrons. The van der Waals surface area contributed by atoms with E-state index in [-0.39, 0.29) is 0 Å². The predicted octanol–water partition coefficient (Wildman–Crippen LogP) is 2.88. The molecule has 0 unspecified atom stereocenters. The van der Waals surface area contributed by atoms with Gasteiger partial charge in [0, 0.05) is 39.1 Å². The topological polar surface area (TPSA) is 32.6 Å². The van der Waals surface area contributed by atoms with Crippen molar-refractivity contribution in [3.8, 4) is 0 Å². The van der Waals surface area contributed by atoms with Gasteiger partial charge in [0.1, 0.15) is 0 Å². The van der Waals surface area contributed by atoms with Crippen molar-refractivity contribution in [3.63, 3.8) is 0 Å². The van der Waals surface area contributed by atoms with Crippen LogP contribution in [-0.4, -0.2) is 35.6 Å². The molecule has 5 heteroatoms. The van der Waals surface area contributed by atoms with Crippen LogP contribution in [0.5, 0.6) is 0 Å². The van der Waals surface area contributed by atoms with Gasteiger partial charge in [0.25, 0.3) is 0 Å². The van der Waals surface area contributed by atoms with Crippen molar-refractivity contribution in [2.45, 2.75) is 33.2 Å². The Kier molecular flexibility index (Phi) is 4.63. The van der Waals surface area contributed by atoms with Gasteiger partial charge < -0.3 is 14.8 Å². The second kappa shape index (κ2) is 6.08. The molecule has 1 aromatic heterocycles. The van der Waals surface area contributed by atoms with Crippen LogP contribution in [0.2, 0.25) is 5.02 Å². The Morgan fingerprint density at radius 2 is 2.25 bits per heavy atom. The molecule has 0 saturated heterocycles. The van der Waals surface area contributed by atoms with Gasteiger partial charge in [0.15, 0.2) is 5.96 Å². The number of aromatic nitrogens is 1. The zero-order chi connectivity index (χ0) is 14.8. The Morgan fingerprint density at radius 1 is 1.55 bits per heavy atom. The highest BCUT2D eigenvalue weighted by atomic mass is 35.5. The van der Waals surface area contributed by atoms with Crippen molar-refractivity contribution in [1.29, 1.82) is 0 Å². The van der Waals surface area contributed by atoms with E-state index in [0.717, 1.165) is 30.6 Å². The van der Waals surface area contributed by atoms with E-state index in [9.17, 15) is 0 Å². The van der Waals surface area contributed by atoms with Crippen LogP contribution in [0.4, 0.5) is 0 Å². The number of hydrogen-bond donors (Lipinski definition) is 1. The summed E-state index contributed by atoms with van der Waals surface area (Å²) in [7, 11) is 4.09. The molecule has 1 N–H and O–H groups in total. The third-order valence-corrected chi connectivity index (χ3v) is 4.09. The summed E-state index contributed by atoms with van der Waals surface area (Å²) in [6, 6.07) is 2.00. The van der Waals surface area contributed by atoms with E-state index in [1.165, 1.54) is 18.5 Å². The smallest absolute Gasteiger partial charge is 0.194 e. The SMILES string of the molecule is CCNC(=NCC1(C)CC1)N(C)Cc1cc(Cl)cn1C. The highest BCUT2D eigenvalue weighted by Gasteiger charge is 2.37. The van der Waals surface area contributed by atoms with Gasteiger partial charge in [-0.2, -0.15) is 0 Å². The van der Waals surface area contributed by atoms with E-state index in [1.54, 1.807) is 0 Å². The lowest BCUT2D eigenvalue weighted by atomic mass is 10.1. The number of nitrogens with zero attached hydrogens (tertiary/aromatic N) is 3. The zero-order valence-electron chi connectivity index (χ0n) is 12.9. The van der Waals surface area contributed by atoms with Gasteiger partial charge in [-0.15, -0.1) is 0 Å². The van der Waals surface area contributed by atoms with Gasteiger partial charge >= 0.3 is 0 Å². The quantitative estimate of drug-likeness (QED) is 0.669. The zero-order valence-corrected chi connectivity index (χ0v) is 13.7. The molecule has 1 saturated carbocycles. The first-order valence-electron chi connectivity index (χ1n) is 7.24. The Hall–Kier alpha value is -1.16. The number of rotatable bonds is 5. The molecule has 0 atom stereocenters. The van der Waals surface area contributed by atoms with Crippen LogP contribution in [0.1, 0.15) is 32.4 Å². The Labute approximate surface area is 126 Å². The minimum Gasteiger partial charge on any atom is -0.357 e. The summed E-state index contributed by atoms with van der Waals surface area (Å²) in [6.45, 7) is 6.99. The molecule has 0 spiro atoms. The molecular formula is C15H25ClN4. The molecule has 1 heterocycles. The van der Waals surface area contributed by atoms with Crippen molar-refractivity contribution in [1.82, 2.24) is 14.8 Å². The highest BCUT2D eigenvalue weighted by Crippen LogP contribution is 2.45. The second-order valence-electron chi connectivity index (χ2n) is 6.10. The van der Waals surface area contributed by atoms with Gasteiger partial charge in [0.2, 0.25) is 0 Å². The summed E-state index contributed by atoms with van der Waals surface area (Å²) < 4.78 is 2.06. The fourth-order valence-corrected chi connectivity index (χ4v) is 2.42. The molecule has 112 valence electrons. The van der Waals surface area contributed by atoms with Crippen molar-refractivity contribution in [2.75, 3.05) is 20.1 Å². The first-order valence-corrected chi connectivity index (χ1v) is 7.61. The maximum atomic E-state index is 6.03. The molecule has 1 fully saturated rings. The van der Waals surface area contributed by atoms with Crippen molar-refractivity contribution >= 4 is 17.6 Å². The molecular weight excluding hydrogens is 272 g/mol. The number of guanidine groups is 1. The molecule has 0 aliphatic heterocycles. The fraction of sp³-hybridized carbons (Fsp3) is 0.667. The second-order valence-corrected chi connectivity index (χ2v) is 6.53.